The molecule has 96 valence electrons. The van der Waals surface area contributed by atoms with Crippen LogP contribution in [0.25, 0.3) is 0 Å². The highest BCUT2D eigenvalue weighted by molar-refractivity contribution is 5.51. The van der Waals surface area contributed by atoms with Gasteiger partial charge in [-0.3, -0.25) is 4.68 Å². The van der Waals surface area contributed by atoms with Crippen molar-refractivity contribution in [3.05, 3.63) is 47.3 Å². The van der Waals surface area contributed by atoms with E-state index in [-0.39, 0.29) is 6.61 Å². The van der Waals surface area contributed by atoms with Crippen LogP contribution in [0.3, 0.4) is 0 Å². The van der Waals surface area contributed by atoms with Crippen LogP contribution in [0, 0.1) is 0 Å². The van der Waals surface area contributed by atoms with Gasteiger partial charge >= 0.3 is 0 Å². The first-order chi connectivity index (χ1) is 8.74. The lowest BCUT2D eigenvalue weighted by Crippen LogP contribution is -2.03. The highest BCUT2D eigenvalue weighted by Gasteiger charge is 2.06. The summed E-state index contributed by atoms with van der Waals surface area (Å²) in [5, 5.41) is 17.0. The van der Waals surface area contributed by atoms with Gasteiger partial charge in [0.05, 0.1) is 12.3 Å². The number of para-hydroxylation sites is 1. The van der Waals surface area contributed by atoms with Gasteiger partial charge in [-0.15, -0.1) is 0 Å². The molecule has 0 bridgehead atoms. The first-order valence-electron chi connectivity index (χ1n) is 6.18. The van der Waals surface area contributed by atoms with Crippen LogP contribution in [0.15, 0.2) is 30.5 Å². The molecule has 4 heteroatoms. The highest BCUT2D eigenvalue weighted by Crippen LogP contribution is 2.17. The van der Waals surface area contributed by atoms with Crippen LogP contribution in [0.1, 0.15) is 23.7 Å². The van der Waals surface area contributed by atoms with Crippen molar-refractivity contribution in [2.24, 2.45) is 7.05 Å². The molecule has 0 atom stereocenters. The number of hydrogen-bond acceptors (Lipinski definition) is 3. The fourth-order valence-electron chi connectivity index (χ4n) is 2.05. The van der Waals surface area contributed by atoms with E-state index in [0.717, 1.165) is 29.9 Å². The Labute approximate surface area is 107 Å². The van der Waals surface area contributed by atoms with Crippen molar-refractivity contribution in [2.75, 3.05) is 5.32 Å². The smallest absolute Gasteiger partial charge is 0.0701 e. The van der Waals surface area contributed by atoms with Gasteiger partial charge in [-0.05, 0) is 12.5 Å². The molecule has 18 heavy (non-hydrogen) atoms. The molecule has 0 unspecified atom stereocenters. The molecule has 1 aromatic carbocycles. The van der Waals surface area contributed by atoms with Crippen LogP contribution in [0.2, 0.25) is 0 Å². The minimum absolute atomic E-state index is 0.0524. The standard InChI is InChI=1S/C14H19N3O/c1-3-13-12(9-17(2)16-13)8-15-14-7-5-4-6-11(14)10-18/h4-7,9,15,18H,3,8,10H2,1-2H3. The topological polar surface area (TPSA) is 50.1 Å². The molecule has 0 aliphatic heterocycles. The van der Waals surface area contributed by atoms with E-state index in [2.05, 4.69) is 17.3 Å². The number of anilines is 1. The van der Waals surface area contributed by atoms with E-state index in [1.165, 1.54) is 5.56 Å². The van der Waals surface area contributed by atoms with E-state index in [9.17, 15) is 5.11 Å². The van der Waals surface area contributed by atoms with E-state index < -0.39 is 0 Å². The van der Waals surface area contributed by atoms with Crippen molar-refractivity contribution in [3.8, 4) is 0 Å². The van der Waals surface area contributed by atoms with E-state index in [4.69, 9.17) is 0 Å². The first kappa shape index (κ1) is 12.6. The number of nitrogens with one attached hydrogen (secondary N) is 1. The normalized spacial score (nSPS) is 10.6. The number of benzene rings is 1. The largest absolute Gasteiger partial charge is 0.392 e. The van der Waals surface area contributed by atoms with Gasteiger partial charge in [0, 0.05) is 36.6 Å². The summed E-state index contributed by atoms with van der Waals surface area (Å²) in [7, 11) is 1.93. The van der Waals surface area contributed by atoms with Crippen LogP contribution in [-0.2, 0) is 26.6 Å². The Kier molecular flexibility index (Phi) is 3.99. The van der Waals surface area contributed by atoms with E-state index in [0.29, 0.717) is 0 Å². The third-order valence-corrected chi connectivity index (χ3v) is 2.98. The van der Waals surface area contributed by atoms with Gasteiger partial charge < -0.3 is 10.4 Å². The summed E-state index contributed by atoms with van der Waals surface area (Å²) in [6.45, 7) is 2.89. The molecule has 2 aromatic rings. The molecule has 4 nitrogen and oxygen atoms in total. The minimum Gasteiger partial charge on any atom is -0.392 e. The molecule has 1 heterocycles. The third kappa shape index (κ3) is 2.71. The zero-order valence-corrected chi connectivity index (χ0v) is 10.8. The number of aryl methyl sites for hydroxylation is 2. The van der Waals surface area contributed by atoms with E-state index >= 15 is 0 Å². The fraction of sp³-hybridized carbons (Fsp3) is 0.357. The van der Waals surface area contributed by atoms with Gasteiger partial charge in [0.1, 0.15) is 0 Å². The summed E-state index contributed by atoms with van der Waals surface area (Å²) >= 11 is 0. The molecule has 0 aliphatic rings. The zero-order valence-electron chi connectivity index (χ0n) is 10.8. The predicted molar refractivity (Wildman–Crippen MR) is 72.3 cm³/mol. The molecule has 2 N–H and O–H groups in total. The van der Waals surface area contributed by atoms with E-state index in [1.807, 2.05) is 42.2 Å². The minimum atomic E-state index is 0.0524. The Hall–Kier alpha value is -1.81. The number of aliphatic hydroxyl groups is 1. The van der Waals surface area contributed by atoms with Crippen LogP contribution in [-0.4, -0.2) is 14.9 Å². The van der Waals surface area contributed by atoms with Gasteiger partial charge in [0.25, 0.3) is 0 Å². The second-order valence-corrected chi connectivity index (χ2v) is 4.30. The van der Waals surface area contributed by atoms with Crippen molar-refractivity contribution in [3.63, 3.8) is 0 Å². The lowest BCUT2D eigenvalue weighted by atomic mass is 10.1. The van der Waals surface area contributed by atoms with Crippen molar-refractivity contribution in [1.82, 2.24) is 9.78 Å². The van der Waals surface area contributed by atoms with Crippen LogP contribution in [0.5, 0.6) is 0 Å². The van der Waals surface area contributed by atoms with E-state index in [1.54, 1.807) is 0 Å². The first-order valence-corrected chi connectivity index (χ1v) is 6.18. The van der Waals surface area contributed by atoms with Crippen LogP contribution in [0.4, 0.5) is 5.69 Å². The lowest BCUT2D eigenvalue weighted by molar-refractivity contribution is 0.282. The molecule has 0 saturated carbocycles. The Morgan fingerprint density at radius 2 is 2.06 bits per heavy atom. The molecule has 0 radical (unpaired) electrons. The lowest BCUT2D eigenvalue weighted by Gasteiger charge is -2.10. The maximum absolute atomic E-state index is 9.26. The van der Waals surface area contributed by atoms with Gasteiger partial charge in [-0.25, -0.2) is 0 Å². The molecule has 0 aliphatic carbocycles. The third-order valence-electron chi connectivity index (χ3n) is 2.98. The number of aliphatic hydroxyl groups excluding tert-OH is 1. The van der Waals surface area contributed by atoms with Crippen molar-refractivity contribution in [2.45, 2.75) is 26.5 Å². The van der Waals surface area contributed by atoms with Gasteiger partial charge in [0.2, 0.25) is 0 Å². The summed E-state index contributed by atoms with van der Waals surface area (Å²) in [5.41, 5.74) is 4.21. The summed E-state index contributed by atoms with van der Waals surface area (Å²) in [6.07, 6.45) is 2.97. The monoisotopic (exact) mass is 245 g/mol. The summed E-state index contributed by atoms with van der Waals surface area (Å²) in [5.74, 6) is 0. The summed E-state index contributed by atoms with van der Waals surface area (Å²) in [4.78, 5) is 0. The number of nitrogens with zero attached hydrogens (tertiary/aromatic N) is 2. The highest BCUT2D eigenvalue weighted by atomic mass is 16.3. The summed E-state index contributed by atoms with van der Waals surface area (Å²) < 4.78 is 1.84. The fourth-order valence-corrected chi connectivity index (χ4v) is 2.05. The van der Waals surface area contributed by atoms with Crippen molar-refractivity contribution < 1.29 is 5.11 Å². The molecule has 0 amide bonds. The zero-order chi connectivity index (χ0) is 13.0. The maximum Gasteiger partial charge on any atom is 0.0701 e. The Bertz CT molecular complexity index is 520. The van der Waals surface area contributed by atoms with Gasteiger partial charge in [-0.1, -0.05) is 25.1 Å². The second kappa shape index (κ2) is 5.69. The molecule has 2 rings (SSSR count). The Balaban J connectivity index is 2.11. The van der Waals surface area contributed by atoms with Crippen LogP contribution >= 0.6 is 0 Å². The van der Waals surface area contributed by atoms with Gasteiger partial charge in [-0.2, -0.15) is 5.10 Å². The Morgan fingerprint density at radius 1 is 1.28 bits per heavy atom. The predicted octanol–water partition coefficient (Wildman–Crippen LogP) is 2.09. The molecular formula is C14H19N3O. The molecule has 1 aromatic heterocycles. The number of aromatic nitrogens is 2. The maximum atomic E-state index is 9.26. The second-order valence-electron chi connectivity index (χ2n) is 4.30. The molecule has 0 spiro atoms. The quantitative estimate of drug-likeness (QED) is 0.848. The molecular weight excluding hydrogens is 226 g/mol. The Morgan fingerprint density at radius 3 is 2.78 bits per heavy atom. The van der Waals surface area contributed by atoms with Crippen molar-refractivity contribution in [1.29, 1.82) is 0 Å². The van der Waals surface area contributed by atoms with Crippen LogP contribution < -0.4 is 5.32 Å². The number of rotatable bonds is 5. The SMILES string of the molecule is CCc1nn(C)cc1CNc1ccccc1CO. The average molecular weight is 245 g/mol. The molecule has 0 fully saturated rings. The van der Waals surface area contributed by atoms with Gasteiger partial charge in [0.15, 0.2) is 0 Å². The molecule has 0 saturated heterocycles. The average Bonchev–Trinajstić information content (AvgIpc) is 2.77. The van der Waals surface area contributed by atoms with Crippen molar-refractivity contribution >= 4 is 5.69 Å². The summed E-state index contributed by atoms with van der Waals surface area (Å²) in [6, 6.07) is 7.80. The number of hydrogen-bond donors (Lipinski definition) is 2.